The van der Waals surface area contributed by atoms with Gasteiger partial charge in [-0.1, -0.05) is 54.6 Å². The summed E-state index contributed by atoms with van der Waals surface area (Å²) in [4.78, 5) is 18.8. The molecule has 0 aliphatic carbocycles. The number of amides is 1. The van der Waals surface area contributed by atoms with Gasteiger partial charge in [0.15, 0.2) is 0 Å². The van der Waals surface area contributed by atoms with Crippen LogP contribution in [0.2, 0.25) is 0 Å². The normalized spacial score (nSPS) is 10.4. The molecule has 0 saturated heterocycles. The van der Waals surface area contributed by atoms with Crippen molar-refractivity contribution in [2.24, 2.45) is 0 Å². The number of anilines is 1. The van der Waals surface area contributed by atoms with Crippen LogP contribution in [0.1, 0.15) is 27.0 Å². The Morgan fingerprint density at radius 2 is 1.77 bits per heavy atom. The van der Waals surface area contributed by atoms with Crippen molar-refractivity contribution in [1.82, 2.24) is 10.3 Å². The molecule has 1 N–H and O–H groups in total. The molecule has 0 fully saturated rings. The summed E-state index contributed by atoms with van der Waals surface area (Å²) in [7, 11) is 2.00. The monoisotopic (exact) mass is 345 g/mol. The van der Waals surface area contributed by atoms with E-state index in [0.29, 0.717) is 12.1 Å². The van der Waals surface area contributed by atoms with E-state index in [4.69, 9.17) is 0 Å². The van der Waals surface area contributed by atoms with Crippen molar-refractivity contribution >= 4 is 11.6 Å². The van der Waals surface area contributed by atoms with E-state index >= 15 is 0 Å². The highest BCUT2D eigenvalue weighted by atomic mass is 16.1. The number of carbonyl (C=O) groups is 1. The van der Waals surface area contributed by atoms with Crippen LogP contribution in [0.15, 0.2) is 73.1 Å². The fourth-order valence-corrected chi connectivity index (χ4v) is 2.80. The minimum absolute atomic E-state index is 0.115. The van der Waals surface area contributed by atoms with Crippen LogP contribution in [0.3, 0.4) is 0 Å². The predicted molar refractivity (Wildman–Crippen MR) is 105 cm³/mol. The first kappa shape index (κ1) is 17.7. The molecule has 0 saturated carbocycles. The van der Waals surface area contributed by atoms with Crippen molar-refractivity contribution in [2.75, 3.05) is 11.9 Å². The lowest BCUT2D eigenvalue weighted by molar-refractivity contribution is 0.0950. The van der Waals surface area contributed by atoms with Gasteiger partial charge in [0.05, 0.1) is 17.4 Å². The summed E-state index contributed by atoms with van der Waals surface area (Å²) in [5.41, 5.74) is 4.98. The second-order valence-electron chi connectivity index (χ2n) is 6.38. The number of nitrogens with zero attached hydrogens (tertiary/aromatic N) is 2. The van der Waals surface area contributed by atoms with Crippen LogP contribution in [-0.2, 0) is 13.1 Å². The lowest BCUT2D eigenvalue weighted by atomic mass is 10.1. The van der Waals surface area contributed by atoms with Gasteiger partial charge in [0.2, 0.25) is 0 Å². The standard InChI is InChI=1S/C22H23N3O/c1-17-8-6-7-11-19(17)14-24-22(26)20-12-21(15-23-13-20)25(2)16-18-9-4-3-5-10-18/h3-13,15H,14,16H2,1-2H3,(H,24,26). The SMILES string of the molecule is Cc1ccccc1CNC(=O)c1cncc(N(C)Cc2ccccc2)c1. The number of rotatable bonds is 6. The lowest BCUT2D eigenvalue weighted by Crippen LogP contribution is -2.24. The van der Waals surface area contributed by atoms with Gasteiger partial charge in [-0.2, -0.15) is 0 Å². The fourth-order valence-electron chi connectivity index (χ4n) is 2.80. The first-order valence-corrected chi connectivity index (χ1v) is 8.66. The highest BCUT2D eigenvalue weighted by molar-refractivity contribution is 5.94. The fraction of sp³-hybridized carbons (Fsp3) is 0.182. The summed E-state index contributed by atoms with van der Waals surface area (Å²) in [5.74, 6) is -0.115. The lowest BCUT2D eigenvalue weighted by Gasteiger charge is -2.19. The Hall–Kier alpha value is -3.14. The number of pyridine rings is 1. The van der Waals surface area contributed by atoms with Crippen LogP contribution < -0.4 is 10.2 Å². The van der Waals surface area contributed by atoms with Crippen LogP contribution >= 0.6 is 0 Å². The summed E-state index contributed by atoms with van der Waals surface area (Å²) < 4.78 is 0. The quantitative estimate of drug-likeness (QED) is 0.735. The molecule has 0 atom stereocenters. The maximum Gasteiger partial charge on any atom is 0.253 e. The van der Waals surface area contributed by atoms with Crippen molar-refractivity contribution in [1.29, 1.82) is 0 Å². The number of benzene rings is 2. The average Bonchev–Trinajstić information content (AvgIpc) is 2.68. The molecular weight excluding hydrogens is 322 g/mol. The molecule has 3 rings (SSSR count). The first-order chi connectivity index (χ1) is 12.6. The zero-order valence-electron chi connectivity index (χ0n) is 15.1. The van der Waals surface area contributed by atoms with Crippen molar-refractivity contribution in [3.8, 4) is 0 Å². The van der Waals surface area contributed by atoms with Crippen molar-refractivity contribution < 1.29 is 4.79 Å². The van der Waals surface area contributed by atoms with E-state index < -0.39 is 0 Å². The third kappa shape index (κ3) is 4.48. The summed E-state index contributed by atoms with van der Waals surface area (Å²) in [6, 6.07) is 20.2. The molecule has 132 valence electrons. The molecule has 1 amide bonds. The van der Waals surface area contributed by atoms with Crippen LogP contribution in [0.25, 0.3) is 0 Å². The maximum atomic E-state index is 12.5. The molecule has 2 aromatic carbocycles. The molecule has 0 bridgehead atoms. The van der Waals surface area contributed by atoms with Gasteiger partial charge >= 0.3 is 0 Å². The van der Waals surface area contributed by atoms with Gasteiger partial charge in [-0.15, -0.1) is 0 Å². The predicted octanol–water partition coefficient (Wildman–Crippen LogP) is 3.96. The molecular formula is C22H23N3O. The van der Waals surface area contributed by atoms with E-state index in [0.717, 1.165) is 17.8 Å². The molecule has 0 aliphatic heterocycles. The molecule has 1 aromatic heterocycles. The second-order valence-corrected chi connectivity index (χ2v) is 6.38. The van der Waals surface area contributed by atoms with Crippen molar-refractivity contribution in [3.05, 3.63) is 95.3 Å². The van der Waals surface area contributed by atoms with Crippen LogP contribution in [-0.4, -0.2) is 17.9 Å². The van der Waals surface area contributed by atoms with Gasteiger partial charge in [0.25, 0.3) is 5.91 Å². The van der Waals surface area contributed by atoms with Gasteiger partial charge in [0, 0.05) is 26.3 Å². The molecule has 3 aromatic rings. The molecule has 0 aliphatic rings. The Kier molecular flexibility index (Phi) is 5.64. The van der Waals surface area contributed by atoms with Crippen LogP contribution in [0.4, 0.5) is 5.69 Å². The van der Waals surface area contributed by atoms with Crippen molar-refractivity contribution in [3.63, 3.8) is 0 Å². The third-order valence-corrected chi connectivity index (χ3v) is 4.39. The molecule has 1 heterocycles. The van der Waals surface area contributed by atoms with Gasteiger partial charge in [-0.05, 0) is 29.7 Å². The highest BCUT2D eigenvalue weighted by Crippen LogP contribution is 2.16. The average molecular weight is 345 g/mol. The number of aromatic nitrogens is 1. The van der Waals surface area contributed by atoms with E-state index in [1.54, 1.807) is 12.4 Å². The van der Waals surface area contributed by atoms with Gasteiger partial charge in [-0.25, -0.2) is 0 Å². The molecule has 4 heteroatoms. The van der Waals surface area contributed by atoms with Crippen molar-refractivity contribution in [2.45, 2.75) is 20.0 Å². The van der Waals surface area contributed by atoms with E-state index in [1.165, 1.54) is 11.1 Å². The second kappa shape index (κ2) is 8.30. The smallest absolute Gasteiger partial charge is 0.253 e. The number of hydrogen-bond donors (Lipinski definition) is 1. The van der Waals surface area contributed by atoms with Crippen LogP contribution in [0.5, 0.6) is 0 Å². The molecule has 0 spiro atoms. The van der Waals surface area contributed by atoms with Gasteiger partial charge in [0.1, 0.15) is 0 Å². The number of aryl methyl sites for hydroxylation is 1. The first-order valence-electron chi connectivity index (χ1n) is 8.66. The third-order valence-electron chi connectivity index (χ3n) is 4.39. The van der Waals surface area contributed by atoms with E-state index in [1.807, 2.05) is 62.5 Å². The van der Waals surface area contributed by atoms with Gasteiger partial charge < -0.3 is 10.2 Å². The van der Waals surface area contributed by atoms with Gasteiger partial charge in [-0.3, -0.25) is 9.78 Å². The molecule has 0 unspecified atom stereocenters. The Balaban J connectivity index is 1.66. The number of carbonyl (C=O) groups excluding carboxylic acids is 1. The molecule has 26 heavy (non-hydrogen) atoms. The summed E-state index contributed by atoms with van der Waals surface area (Å²) >= 11 is 0. The Labute approximate surface area is 154 Å². The topological polar surface area (TPSA) is 45.2 Å². The molecule has 0 radical (unpaired) electrons. The summed E-state index contributed by atoms with van der Waals surface area (Å²) in [6.07, 6.45) is 3.38. The highest BCUT2D eigenvalue weighted by Gasteiger charge is 2.10. The Bertz CT molecular complexity index is 877. The van der Waals surface area contributed by atoms with E-state index in [9.17, 15) is 4.79 Å². The number of nitrogens with one attached hydrogen (secondary N) is 1. The number of hydrogen-bond acceptors (Lipinski definition) is 3. The Morgan fingerprint density at radius 1 is 1.04 bits per heavy atom. The zero-order chi connectivity index (χ0) is 18.4. The minimum atomic E-state index is -0.115. The molecule has 4 nitrogen and oxygen atoms in total. The summed E-state index contributed by atoms with van der Waals surface area (Å²) in [6.45, 7) is 3.31. The summed E-state index contributed by atoms with van der Waals surface area (Å²) in [5, 5.41) is 2.97. The van der Waals surface area contributed by atoms with E-state index in [2.05, 4.69) is 27.3 Å². The Morgan fingerprint density at radius 3 is 2.54 bits per heavy atom. The zero-order valence-corrected chi connectivity index (χ0v) is 15.1. The minimum Gasteiger partial charge on any atom is -0.369 e. The maximum absolute atomic E-state index is 12.5. The largest absolute Gasteiger partial charge is 0.369 e. The van der Waals surface area contributed by atoms with Crippen LogP contribution in [0, 0.1) is 6.92 Å². The van der Waals surface area contributed by atoms with E-state index in [-0.39, 0.29) is 5.91 Å².